The lowest BCUT2D eigenvalue weighted by atomic mass is 9.78. The quantitative estimate of drug-likeness (QED) is 0.0672. The van der Waals surface area contributed by atoms with Gasteiger partial charge in [-0.1, -0.05) is 67.5 Å². The van der Waals surface area contributed by atoms with Gasteiger partial charge in [-0.15, -0.1) is 11.5 Å². The number of rotatable bonds is 8. The minimum atomic E-state index is -0.610. The van der Waals surface area contributed by atoms with Crippen LogP contribution in [0.5, 0.6) is 92.0 Å². The molecule has 8 atom stereocenters. The van der Waals surface area contributed by atoms with Crippen LogP contribution < -0.4 is 20.0 Å². The van der Waals surface area contributed by atoms with Crippen LogP contribution in [0, 0.1) is 0 Å². The number of nitrogens with one attached hydrogen (secondary N) is 2. The Balaban J connectivity index is 0.000000197. The van der Waals surface area contributed by atoms with E-state index in [1.165, 1.54) is 115 Å². The van der Waals surface area contributed by atoms with Crippen LogP contribution in [0.4, 0.5) is 0 Å². The SMILES string of the molecule is CC[C@@H]1c2cc(c(O)cc2O)[C@H](CC)c2cc(c([O-])cc2O)[C@H](CC)c2cc(c(O)cc2O)[C@H](CC)c2cc1c(O)cc2O.CC[C@@H]1c2cc(c(O)cc2O)[C@H](CC)c2cc(c([O-])cc2O)[C@H](CC)c2cc(c(O)cc2O)[C@H](CC)c2cc1c(O)cc2O.CN1CCN(C)CC1.CN1CC[NH+](C)CC1.CN1CC[NH+](C)CC1. The van der Waals surface area contributed by atoms with Crippen LogP contribution in [0.1, 0.15) is 243 Å². The van der Waals surface area contributed by atoms with E-state index in [9.17, 15) is 81.7 Å². The Bertz CT molecular complexity index is 3510. The molecule has 608 valence electrons. The molecule has 0 amide bonds. The average Bonchev–Trinajstić information content (AvgIpc) is 0.759. The molecular weight excluding hydrogens is 1420 g/mol. The maximum atomic E-state index is 13.4. The summed E-state index contributed by atoms with van der Waals surface area (Å²) in [6, 6.07) is 23.1. The molecule has 3 aliphatic heterocycles. The van der Waals surface area contributed by atoms with Crippen LogP contribution in [-0.2, 0) is 0 Å². The van der Waals surface area contributed by atoms with Gasteiger partial charge in [-0.05, 0) is 139 Å². The third-order valence-electron chi connectivity index (χ3n) is 24.1. The van der Waals surface area contributed by atoms with Gasteiger partial charge in [0.1, 0.15) is 80.5 Å². The molecule has 16 bridgehead atoms. The second-order valence-corrected chi connectivity index (χ2v) is 31.5. The Kier molecular flexibility index (Phi) is 29.1. The van der Waals surface area contributed by atoms with Crippen molar-refractivity contribution in [1.29, 1.82) is 0 Å². The maximum Gasteiger partial charge on any atom is 0.123 e. The molecule has 5 aliphatic rings. The van der Waals surface area contributed by atoms with Gasteiger partial charge >= 0.3 is 0 Å². The summed E-state index contributed by atoms with van der Waals surface area (Å²) in [5, 5.41) is 182. The fraction of sp³-hybridized carbons (Fsp3) is 0.467. The summed E-state index contributed by atoms with van der Waals surface area (Å²) in [5.74, 6) is -8.11. The summed E-state index contributed by atoms with van der Waals surface area (Å²) in [6.07, 6.45) is 3.43. The number of likely N-dealkylation sites (N-methyl/N-ethyl adjacent to an activating group) is 6. The fourth-order valence-electron chi connectivity index (χ4n) is 17.1. The van der Waals surface area contributed by atoms with E-state index in [0.29, 0.717) is 140 Å². The highest BCUT2D eigenvalue weighted by Gasteiger charge is 2.35. The first-order chi connectivity index (χ1) is 53.3. The zero-order valence-electron chi connectivity index (χ0n) is 67.9. The molecule has 8 aromatic carbocycles. The predicted molar refractivity (Wildman–Crippen MR) is 434 cm³/mol. The van der Waals surface area contributed by atoms with Gasteiger partial charge in [-0.2, -0.15) is 0 Å². The Labute approximate surface area is 660 Å². The van der Waals surface area contributed by atoms with Crippen molar-refractivity contribution in [2.45, 2.75) is 154 Å². The number of nitrogens with zero attached hydrogens (tertiary/aromatic N) is 4. The number of hydrogen-bond donors (Lipinski definition) is 16. The summed E-state index contributed by atoms with van der Waals surface area (Å²) in [6.45, 7) is 30.3. The first kappa shape index (κ1) is 86.3. The molecule has 2 aliphatic carbocycles. The van der Waals surface area contributed by atoms with Crippen molar-refractivity contribution in [2.24, 2.45) is 0 Å². The van der Waals surface area contributed by atoms with E-state index >= 15 is 0 Å². The zero-order chi connectivity index (χ0) is 82.0. The first-order valence-electron chi connectivity index (χ1n) is 40.1. The number of benzene rings is 8. The molecule has 3 heterocycles. The Morgan fingerprint density at radius 2 is 0.348 bits per heavy atom. The molecule has 22 nitrogen and oxygen atoms in total. The van der Waals surface area contributed by atoms with E-state index < -0.39 is 58.8 Å². The average molecular weight is 1540 g/mol. The molecule has 0 unspecified atom stereocenters. The van der Waals surface area contributed by atoms with E-state index in [-0.39, 0.29) is 80.5 Å². The summed E-state index contributed by atoms with van der Waals surface area (Å²) >= 11 is 0. The molecule has 8 aromatic rings. The number of phenols is 14. The molecule has 13 rings (SSSR count). The standard InChI is InChI=1S/2C36H40O8.3C6H14N2/c2*1-5-17-21-9-23(31(39)13-29(21)37)18(6-2)25-11-27(35(43)15-33(25)41)20(8-4)28-12-26(34(42)16-36(28)44)19(7-3)24-10-22(17)30(38)14-32(24)40;3*1-7-3-5-8(2)6-4-7/h2*9-20,37-44H,5-8H2,1-4H3;3*3-6H2,1-2H3/t2*17-,18+,19-,20+;;;. The lowest BCUT2D eigenvalue weighted by molar-refractivity contribution is -0.884. The van der Waals surface area contributed by atoms with Gasteiger partial charge in [-0.25, -0.2) is 0 Å². The molecular formula is C90H122N6O16. The van der Waals surface area contributed by atoms with E-state index in [1.807, 2.05) is 55.4 Å². The van der Waals surface area contributed by atoms with Crippen molar-refractivity contribution >= 4 is 0 Å². The molecule has 16 N–H and O–H groups in total. The minimum Gasteiger partial charge on any atom is -0.872 e. The highest BCUT2D eigenvalue weighted by molar-refractivity contribution is 5.65. The van der Waals surface area contributed by atoms with Crippen LogP contribution in [0.25, 0.3) is 0 Å². The number of piperazine rings is 3. The Morgan fingerprint density at radius 3 is 0.491 bits per heavy atom. The largest absolute Gasteiger partial charge is 0.872 e. The van der Waals surface area contributed by atoms with Gasteiger partial charge in [0.05, 0.1) is 40.3 Å². The van der Waals surface area contributed by atoms with Crippen LogP contribution >= 0.6 is 0 Å². The Morgan fingerprint density at radius 1 is 0.223 bits per heavy atom. The smallest absolute Gasteiger partial charge is 0.123 e. The van der Waals surface area contributed by atoms with Crippen LogP contribution in [0.15, 0.2) is 97.1 Å². The summed E-state index contributed by atoms with van der Waals surface area (Å²) in [5.41, 5.74) is 6.66. The van der Waals surface area contributed by atoms with Crippen molar-refractivity contribution in [2.75, 3.05) is 121 Å². The number of quaternary nitrogens is 2. The lowest BCUT2D eigenvalue weighted by Gasteiger charge is -2.29. The second-order valence-electron chi connectivity index (χ2n) is 31.5. The number of phenolic OH excluding ortho intramolecular Hbond substituents is 14. The molecule has 22 heteroatoms. The number of fused-ring (bicyclic) bond motifs is 16. The molecule has 0 aromatic heterocycles. The van der Waals surface area contributed by atoms with Gasteiger partial charge in [-0.3, -0.25) is 9.80 Å². The summed E-state index contributed by atoms with van der Waals surface area (Å²) < 4.78 is 0. The van der Waals surface area contributed by atoms with Crippen LogP contribution in [-0.4, -0.2) is 212 Å². The molecule has 3 fully saturated rings. The number of aromatic hydroxyl groups is 14. The van der Waals surface area contributed by atoms with Crippen molar-refractivity contribution in [1.82, 2.24) is 19.6 Å². The van der Waals surface area contributed by atoms with Gasteiger partial charge in [0.25, 0.3) is 0 Å². The van der Waals surface area contributed by atoms with Crippen molar-refractivity contribution in [3.05, 3.63) is 186 Å². The highest BCUT2D eigenvalue weighted by Crippen LogP contribution is 2.55. The second kappa shape index (κ2) is 37.8. The zero-order valence-corrected chi connectivity index (χ0v) is 67.9. The summed E-state index contributed by atoms with van der Waals surface area (Å²) in [4.78, 5) is 12.8. The first-order valence-corrected chi connectivity index (χ1v) is 40.1. The van der Waals surface area contributed by atoms with Crippen molar-refractivity contribution in [3.63, 3.8) is 0 Å². The third kappa shape index (κ3) is 19.0. The molecule has 0 radical (unpaired) electrons. The molecule has 0 saturated carbocycles. The minimum absolute atomic E-state index is 0.176. The van der Waals surface area contributed by atoms with Gasteiger partial charge < -0.3 is 101 Å². The van der Waals surface area contributed by atoms with E-state index in [1.54, 1.807) is 58.3 Å². The fourth-order valence-corrected chi connectivity index (χ4v) is 17.1. The normalized spacial score (nSPS) is 21.0. The highest BCUT2D eigenvalue weighted by atomic mass is 16.3. The van der Waals surface area contributed by atoms with E-state index in [0.717, 1.165) is 12.1 Å². The van der Waals surface area contributed by atoms with Gasteiger partial charge in [0.2, 0.25) is 0 Å². The topological polar surface area (TPSA) is 351 Å². The van der Waals surface area contributed by atoms with Crippen LogP contribution in [0.2, 0.25) is 0 Å². The molecule has 112 heavy (non-hydrogen) atoms. The predicted octanol–water partition coefficient (Wildman–Crippen LogP) is 11.1. The molecule has 3 saturated heterocycles. The van der Waals surface area contributed by atoms with Crippen molar-refractivity contribution in [3.8, 4) is 92.0 Å². The van der Waals surface area contributed by atoms with Crippen LogP contribution in [0.3, 0.4) is 0 Å². The van der Waals surface area contributed by atoms with Gasteiger partial charge in [0.15, 0.2) is 0 Å². The third-order valence-corrected chi connectivity index (χ3v) is 24.1. The number of hydrogen-bond acceptors (Lipinski definition) is 20. The monoisotopic (exact) mass is 1540 g/mol. The summed E-state index contributed by atoms with van der Waals surface area (Å²) in [7, 11) is 13.2. The van der Waals surface area contributed by atoms with Crippen molar-refractivity contribution < 1.29 is 91.5 Å². The van der Waals surface area contributed by atoms with E-state index in [4.69, 9.17) is 0 Å². The van der Waals surface area contributed by atoms with Gasteiger partial charge in [0, 0.05) is 214 Å². The Hall–Kier alpha value is -9.68. The molecule has 0 spiro atoms. The lowest BCUT2D eigenvalue weighted by Crippen LogP contribution is -3.11. The van der Waals surface area contributed by atoms with E-state index in [2.05, 4.69) is 61.9 Å². The maximum absolute atomic E-state index is 13.4.